The molecule has 1 amide bonds. The van der Waals surface area contributed by atoms with Crippen LogP contribution in [0.3, 0.4) is 0 Å². The Bertz CT molecular complexity index is 158. The van der Waals surface area contributed by atoms with Gasteiger partial charge in [0.25, 0.3) is 0 Å². The molecule has 11 heavy (non-hydrogen) atoms. The summed E-state index contributed by atoms with van der Waals surface area (Å²) in [5, 5.41) is 0. The molecule has 1 saturated heterocycles. The molecule has 2 unspecified atom stereocenters. The van der Waals surface area contributed by atoms with Crippen molar-refractivity contribution in [1.29, 1.82) is 0 Å². The van der Waals surface area contributed by atoms with Crippen LogP contribution in [-0.2, 0) is 4.79 Å². The lowest BCUT2D eigenvalue weighted by Crippen LogP contribution is -2.39. The molecule has 0 aromatic rings. The van der Waals surface area contributed by atoms with Crippen LogP contribution >= 0.6 is 0 Å². The average Bonchev–Trinajstić information content (AvgIpc) is 2.32. The largest absolute Gasteiger partial charge is 0.338 e. The summed E-state index contributed by atoms with van der Waals surface area (Å²) in [4.78, 5) is 13.3. The van der Waals surface area contributed by atoms with Crippen LogP contribution in [0.5, 0.6) is 0 Å². The minimum Gasteiger partial charge on any atom is -0.338 e. The highest BCUT2D eigenvalue weighted by Crippen LogP contribution is 2.18. The highest BCUT2D eigenvalue weighted by atomic mass is 16.2. The lowest BCUT2D eigenvalue weighted by atomic mass is 10.1. The number of hydrogen-bond acceptors (Lipinski definition) is 2. The third-order valence-corrected chi connectivity index (χ3v) is 2.38. The van der Waals surface area contributed by atoms with E-state index in [1.165, 1.54) is 0 Å². The van der Waals surface area contributed by atoms with E-state index in [-0.39, 0.29) is 17.9 Å². The summed E-state index contributed by atoms with van der Waals surface area (Å²) in [6.07, 6.45) is 0.989. The smallest absolute Gasteiger partial charge is 0.225 e. The lowest BCUT2D eigenvalue weighted by molar-refractivity contribution is -0.132. The van der Waals surface area contributed by atoms with E-state index in [0.29, 0.717) is 6.54 Å². The van der Waals surface area contributed by atoms with Crippen molar-refractivity contribution in [3.05, 3.63) is 0 Å². The molecule has 64 valence electrons. The van der Waals surface area contributed by atoms with Gasteiger partial charge in [-0.25, -0.2) is 0 Å². The minimum atomic E-state index is 0.212. The van der Waals surface area contributed by atoms with Crippen LogP contribution in [0.15, 0.2) is 0 Å². The van der Waals surface area contributed by atoms with Crippen molar-refractivity contribution < 1.29 is 4.79 Å². The van der Waals surface area contributed by atoms with Crippen molar-refractivity contribution in [3.8, 4) is 0 Å². The Balaban J connectivity index is 2.54. The summed E-state index contributed by atoms with van der Waals surface area (Å²) in [7, 11) is 0. The fourth-order valence-corrected chi connectivity index (χ4v) is 1.41. The van der Waals surface area contributed by atoms with E-state index >= 15 is 0 Å². The van der Waals surface area contributed by atoms with Crippen LogP contribution in [0.1, 0.15) is 20.3 Å². The first-order chi connectivity index (χ1) is 5.16. The highest BCUT2D eigenvalue weighted by molar-refractivity contribution is 5.80. The first kappa shape index (κ1) is 8.53. The Morgan fingerprint density at radius 1 is 1.82 bits per heavy atom. The molecule has 0 spiro atoms. The molecule has 1 rings (SSSR count). The molecular formula is C8H16N2O. The Kier molecular flexibility index (Phi) is 2.49. The molecule has 2 atom stereocenters. The number of hydrogen-bond donors (Lipinski definition) is 1. The van der Waals surface area contributed by atoms with Crippen molar-refractivity contribution in [2.45, 2.75) is 26.3 Å². The van der Waals surface area contributed by atoms with E-state index in [0.717, 1.165) is 13.0 Å². The second-order valence-corrected chi connectivity index (χ2v) is 3.31. The van der Waals surface area contributed by atoms with Gasteiger partial charge in [0, 0.05) is 25.0 Å². The SMILES string of the molecule is CC1CCN(C(C)CN)C1=O. The molecule has 0 aromatic heterocycles. The van der Waals surface area contributed by atoms with E-state index < -0.39 is 0 Å². The van der Waals surface area contributed by atoms with Gasteiger partial charge in [-0.05, 0) is 13.3 Å². The quantitative estimate of drug-likeness (QED) is 0.621. The molecular weight excluding hydrogens is 140 g/mol. The average molecular weight is 156 g/mol. The zero-order valence-electron chi connectivity index (χ0n) is 7.21. The summed E-state index contributed by atoms with van der Waals surface area (Å²) >= 11 is 0. The van der Waals surface area contributed by atoms with Gasteiger partial charge in [0.05, 0.1) is 0 Å². The first-order valence-corrected chi connectivity index (χ1v) is 4.17. The normalized spacial score (nSPS) is 27.7. The van der Waals surface area contributed by atoms with Gasteiger partial charge in [0.2, 0.25) is 5.91 Å². The topological polar surface area (TPSA) is 46.3 Å². The van der Waals surface area contributed by atoms with E-state index in [2.05, 4.69) is 0 Å². The van der Waals surface area contributed by atoms with Gasteiger partial charge in [-0.15, -0.1) is 0 Å². The van der Waals surface area contributed by atoms with E-state index in [1.807, 2.05) is 18.7 Å². The van der Waals surface area contributed by atoms with Crippen LogP contribution in [0.25, 0.3) is 0 Å². The molecule has 1 heterocycles. The number of amides is 1. The maximum atomic E-state index is 11.4. The number of likely N-dealkylation sites (tertiary alicyclic amines) is 1. The zero-order chi connectivity index (χ0) is 8.43. The predicted octanol–water partition coefficient (Wildman–Crippen LogP) is 0.202. The van der Waals surface area contributed by atoms with Crippen molar-refractivity contribution in [2.75, 3.05) is 13.1 Å². The second kappa shape index (κ2) is 3.22. The molecule has 3 nitrogen and oxygen atoms in total. The Morgan fingerprint density at radius 2 is 2.45 bits per heavy atom. The third kappa shape index (κ3) is 1.53. The first-order valence-electron chi connectivity index (χ1n) is 4.17. The maximum Gasteiger partial charge on any atom is 0.225 e. The predicted molar refractivity (Wildman–Crippen MR) is 44.0 cm³/mol. The molecule has 0 saturated carbocycles. The molecule has 1 aliphatic rings. The molecule has 1 fully saturated rings. The van der Waals surface area contributed by atoms with E-state index in [9.17, 15) is 4.79 Å². The van der Waals surface area contributed by atoms with Gasteiger partial charge in [-0.3, -0.25) is 4.79 Å². The van der Waals surface area contributed by atoms with Gasteiger partial charge in [-0.1, -0.05) is 6.92 Å². The molecule has 1 aliphatic heterocycles. The number of carbonyl (C=O) groups excluding carboxylic acids is 1. The molecule has 0 aliphatic carbocycles. The van der Waals surface area contributed by atoms with Crippen LogP contribution in [0, 0.1) is 5.92 Å². The number of rotatable bonds is 2. The number of nitrogens with zero attached hydrogens (tertiary/aromatic N) is 1. The third-order valence-electron chi connectivity index (χ3n) is 2.38. The van der Waals surface area contributed by atoms with Gasteiger partial charge in [0.1, 0.15) is 0 Å². The van der Waals surface area contributed by atoms with Gasteiger partial charge in [-0.2, -0.15) is 0 Å². The molecule has 0 bridgehead atoms. The summed E-state index contributed by atoms with van der Waals surface area (Å²) in [6.45, 7) is 5.43. The summed E-state index contributed by atoms with van der Waals surface area (Å²) < 4.78 is 0. The van der Waals surface area contributed by atoms with Crippen LogP contribution in [0.4, 0.5) is 0 Å². The van der Waals surface area contributed by atoms with Gasteiger partial charge < -0.3 is 10.6 Å². The van der Waals surface area contributed by atoms with Crippen molar-refractivity contribution in [1.82, 2.24) is 4.90 Å². The fourth-order valence-electron chi connectivity index (χ4n) is 1.41. The summed E-state index contributed by atoms with van der Waals surface area (Å²) in [5.41, 5.74) is 5.47. The number of nitrogens with two attached hydrogens (primary N) is 1. The summed E-state index contributed by atoms with van der Waals surface area (Å²) in [6, 6.07) is 0.215. The Labute approximate surface area is 67.5 Å². The zero-order valence-corrected chi connectivity index (χ0v) is 7.21. The van der Waals surface area contributed by atoms with Crippen molar-refractivity contribution >= 4 is 5.91 Å². The molecule has 3 heteroatoms. The molecule has 0 aromatic carbocycles. The number of carbonyl (C=O) groups is 1. The maximum absolute atomic E-state index is 11.4. The monoisotopic (exact) mass is 156 g/mol. The van der Waals surface area contributed by atoms with Gasteiger partial charge in [0.15, 0.2) is 0 Å². The standard InChI is InChI=1S/C8H16N2O/c1-6-3-4-10(8(6)11)7(2)5-9/h6-7H,3-5,9H2,1-2H3. The summed E-state index contributed by atoms with van der Waals surface area (Å²) in [5.74, 6) is 0.479. The highest BCUT2D eigenvalue weighted by Gasteiger charge is 2.30. The van der Waals surface area contributed by atoms with E-state index in [4.69, 9.17) is 5.73 Å². The van der Waals surface area contributed by atoms with Gasteiger partial charge >= 0.3 is 0 Å². The van der Waals surface area contributed by atoms with Crippen LogP contribution in [-0.4, -0.2) is 29.9 Å². The van der Waals surface area contributed by atoms with Crippen molar-refractivity contribution in [3.63, 3.8) is 0 Å². The van der Waals surface area contributed by atoms with Crippen LogP contribution < -0.4 is 5.73 Å². The Hall–Kier alpha value is -0.570. The lowest BCUT2D eigenvalue weighted by Gasteiger charge is -2.22. The molecule has 0 radical (unpaired) electrons. The van der Waals surface area contributed by atoms with Crippen LogP contribution in [0.2, 0.25) is 0 Å². The van der Waals surface area contributed by atoms with E-state index in [1.54, 1.807) is 0 Å². The fraction of sp³-hybridized carbons (Fsp3) is 0.875. The minimum absolute atomic E-state index is 0.212. The second-order valence-electron chi connectivity index (χ2n) is 3.31. The molecule has 2 N–H and O–H groups in total. The Morgan fingerprint density at radius 3 is 2.82 bits per heavy atom. The van der Waals surface area contributed by atoms with Crippen molar-refractivity contribution in [2.24, 2.45) is 11.7 Å².